The normalized spacial score (nSPS) is 41.2. The zero-order valence-electron chi connectivity index (χ0n) is 19.1. The van der Waals surface area contributed by atoms with Crippen LogP contribution < -0.4 is 0 Å². The van der Waals surface area contributed by atoms with Crippen molar-refractivity contribution in [2.24, 2.45) is 34.5 Å². The lowest BCUT2D eigenvalue weighted by Gasteiger charge is -2.54. The standard InChI is InChI=1S/C27H42O/c1-18(2)7-6-8-19(3)23-11-12-24-22-10-9-20-17-21(28)13-15-26(20,4)25(22)14-16-27(23,24)5/h7,19-20,23-24H,6,8-17H2,1-5H3/t19-,20+,23-,24+,26+,27-/m1/s1. The number of Topliss-reactive ketones (excluding diaryl/α,β-unsaturated/α-hetero) is 1. The van der Waals surface area contributed by atoms with E-state index in [1.54, 1.807) is 0 Å². The highest BCUT2D eigenvalue weighted by atomic mass is 16.1. The fourth-order valence-electron chi connectivity index (χ4n) is 8.06. The Morgan fingerprint density at radius 3 is 2.64 bits per heavy atom. The smallest absolute Gasteiger partial charge is 0.133 e. The number of carbonyl (C=O) groups is 1. The third-order valence-corrected chi connectivity index (χ3v) is 9.74. The molecule has 4 aliphatic rings. The van der Waals surface area contributed by atoms with Crippen LogP contribution >= 0.6 is 0 Å². The molecule has 0 bridgehead atoms. The average molecular weight is 383 g/mol. The van der Waals surface area contributed by atoms with E-state index in [0.717, 1.165) is 37.0 Å². The van der Waals surface area contributed by atoms with Crippen molar-refractivity contribution in [1.82, 2.24) is 0 Å². The molecule has 4 rings (SSSR count). The predicted octanol–water partition coefficient (Wildman–Crippen LogP) is 7.66. The van der Waals surface area contributed by atoms with Crippen LogP contribution in [0, 0.1) is 34.5 Å². The summed E-state index contributed by atoms with van der Waals surface area (Å²) in [5, 5.41) is 0. The van der Waals surface area contributed by atoms with E-state index >= 15 is 0 Å². The molecule has 0 aromatic carbocycles. The van der Waals surface area contributed by atoms with Gasteiger partial charge in [0, 0.05) is 12.8 Å². The Bertz CT molecular complexity index is 693. The van der Waals surface area contributed by atoms with Crippen molar-refractivity contribution in [3.8, 4) is 0 Å². The summed E-state index contributed by atoms with van der Waals surface area (Å²) >= 11 is 0. The van der Waals surface area contributed by atoms with Crippen LogP contribution in [0.3, 0.4) is 0 Å². The third-order valence-electron chi connectivity index (χ3n) is 9.74. The number of ketones is 1. The lowest BCUT2D eigenvalue weighted by atomic mass is 9.50. The molecule has 2 saturated carbocycles. The molecule has 1 heteroatoms. The quantitative estimate of drug-likeness (QED) is 0.456. The molecule has 0 saturated heterocycles. The van der Waals surface area contributed by atoms with Crippen molar-refractivity contribution >= 4 is 5.78 Å². The first kappa shape index (κ1) is 20.4. The number of rotatable bonds is 4. The molecule has 0 heterocycles. The summed E-state index contributed by atoms with van der Waals surface area (Å²) in [6.45, 7) is 12.2. The minimum atomic E-state index is 0.343. The summed E-state index contributed by atoms with van der Waals surface area (Å²) in [7, 11) is 0. The fourth-order valence-corrected chi connectivity index (χ4v) is 8.06. The summed E-state index contributed by atoms with van der Waals surface area (Å²) in [6, 6.07) is 0. The van der Waals surface area contributed by atoms with Crippen molar-refractivity contribution in [3.05, 3.63) is 22.8 Å². The summed E-state index contributed by atoms with van der Waals surface area (Å²) in [5.74, 6) is 3.74. The van der Waals surface area contributed by atoms with Crippen LogP contribution in [0.15, 0.2) is 22.8 Å². The van der Waals surface area contributed by atoms with E-state index in [4.69, 9.17) is 0 Å². The predicted molar refractivity (Wildman–Crippen MR) is 118 cm³/mol. The van der Waals surface area contributed by atoms with Crippen molar-refractivity contribution in [3.63, 3.8) is 0 Å². The maximum absolute atomic E-state index is 12.1. The Morgan fingerprint density at radius 2 is 1.89 bits per heavy atom. The van der Waals surface area contributed by atoms with Crippen LogP contribution in [-0.2, 0) is 4.79 Å². The van der Waals surface area contributed by atoms with Crippen molar-refractivity contribution in [1.29, 1.82) is 0 Å². The molecule has 0 N–H and O–H groups in total. The number of hydrogen-bond donors (Lipinski definition) is 0. The highest BCUT2D eigenvalue weighted by Crippen LogP contribution is 2.65. The Labute approximate surface area is 173 Å². The molecule has 28 heavy (non-hydrogen) atoms. The van der Waals surface area contributed by atoms with Crippen LogP contribution in [0.4, 0.5) is 0 Å². The first-order valence-electron chi connectivity index (χ1n) is 12.1. The molecule has 0 aromatic heterocycles. The minimum Gasteiger partial charge on any atom is -0.300 e. The van der Waals surface area contributed by atoms with Crippen LogP contribution in [0.5, 0.6) is 0 Å². The van der Waals surface area contributed by atoms with E-state index in [9.17, 15) is 4.79 Å². The number of fused-ring (bicyclic) bond motifs is 4. The largest absolute Gasteiger partial charge is 0.300 e. The lowest BCUT2D eigenvalue weighted by Crippen LogP contribution is -2.45. The van der Waals surface area contributed by atoms with Gasteiger partial charge in [-0.2, -0.15) is 0 Å². The van der Waals surface area contributed by atoms with Gasteiger partial charge in [0.2, 0.25) is 0 Å². The molecule has 0 aromatic rings. The van der Waals surface area contributed by atoms with Crippen LogP contribution in [-0.4, -0.2) is 5.78 Å². The van der Waals surface area contributed by atoms with E-state index < -0.39 is 0 Å². The number of hydrogen-bond acceptors (Lipinski definition) is 1. The van der Waals surface area contributed by atoms with Gasteiger partial charge in [-0.15, -0.1) is 0 Å². The number of allylic oxidation sites excluding steroid dienone is 4. The van der Waals surface area contributed by atoms with Gasteiger partial charge in [-0.25, -0.2) is 0 Å². The van der Waals surface area contributed by atoms with Gasteiger partial charge < -0.3 is 0 Å². The van der Waals surface area contributed by atoms with Gasteiger partial charge in [0.15, 0.2) is 0 Å². The topological polar surface area (TPSA) is 17.1 Å². The van der Waals surface area contributed by atoms with Gasteiger partial charge in [0.25, 0.3) is 0 Å². The number of carbonyl (C=O) groups excluding carboxylic acids is 1. The van der Waals surface area contributed by atoms with Crippen LogP contribution in [0.1, 0.15) is 105 Å². The molecule has 0 unspecified atom stereocenters. The molecular formula is C27H42O. The molecule has 6 atom stereocenters. The molecule has 2 fully saturated rings. The summed E-state index contributed by atoms with van der Waals surface area (Å²) in [6.07, 6.45) is 16.0. The van der Waals surface area contributed by atoms with Gasteiger partial charge in [0.1, 0.15) is 5.78 Å². The second kappa shape index (κ2) is 7.44. The SMILES string of the molecule is CC(C)=CCC[C@@H](C)[C@H]1CC[C@H]2C3=C(CC[C@]12C)[C@@]1(C)CCC(=O)C[C@@H]1CC3. The second-order valence-electron chi connectivity index (χ2n) is 11.5. The van der Waals surface area contributed by atoms with Crippen molar-refractivity contribution < 1.29 is 4.79 Å². The van der Waals surface area contributed by atoms with Crippen molar-refractivity contribution in [2.75, 3.05) is 0 Å². The molecule has 0 radical (unpaired) electrons. The average Bonchev–Trinajstić information content (AvgIpc) is 2.99. The first-order valence-corrected chi connectivity index (χ1v) is 12.1. The lowest BCUT2D eigenvalue weighted by molar-refractivity contribution is -0.124. The fraction of sp³-hybridized carbons (Fsp3) is 0.815. The van der Waals surface area contributed by atoms with Crippen LogP contribution in [0.25, 0.3) is 0 Å². The maximum Gasteiger partial charge on any atom is 0.133 e. The van der Waals surface area contributed by atoms with E-state index in [2.05, 4.69) is 40.7 Å². The molecule has 0 amide bonds. The Balaban J connectivity index is 1.56. The van der Waals surface area contributed by atoms with Gasteiger partial charge >= 0.3 is 0 Å². The molecule has 1 nitrogen and oxygen atoms in total. The van der Waals surface area contributed by atoms with Crippen molar-refractivity contribution in [2.45, 2.75) is 105 Å². The van der Waals surface area contributed by atoms with Gasteiger partial charge in [-0.05, 0) is 106 Å². The van der Waals surface area contributed by atoms with E-state index in [1.807, 2.05) is 11.1 Å². The zero-order chi connectivity index (χ0) is 20.1. The second-order valence-corrected chi connectivity index (χ2v) is 11.5. The summed E-state index contributed by atoms with van der Waals surface area (Å²) in [4.78, 5) is 12.1. The highest BCUT2D eigenvalue weighted by molar-refractivity contribution is 5.80. The molecule has 0 aliphatic heterocycles. The highest BCUT2D eigenvalue weighted by Gasteiger charge is 2.55. The summed E-state index contributed by atoms with van der Waals surface area (Å²) < 4.78 is 0. The Kier molecular flexibility index (Phi) is 5.43. The molecule has 156 valence electrons. The van der Waals surface area contributed by atoms with Gasteiger partial charge in [-0.3, -0.25) is 4.79 Å². The molecule has 0 spiro atoms. The van der Waals surface area contributed by atoms with E-state index in [-0.39, 0.29) is 0 Å². The van der Waals surface area contributed by atoms with E-state index in [0.29, 0.717) is 22.5 Å². The molecule has 4 aliphatic carbocycles. The summed E-state index contributed by atoms with van der Waals surface area (Å²) in [5.41, 5.74) is 6.04. The van der Waals surface area contributed by atoms with Gasteiger partial charge in [0.05, 0.1) is 0 Å². The zero-order valence-corrected chi connectivity index (χ0v) is 19.1. The third kappa shape index (κ3) is 3.25. The van der Waals surface area contributed by atoms with Gasteiger partial charge in [-0.1, -0.05) is 43.6 Å². The molecular weight excluding hydrogens is 340 g/mol. The first-order chi connectivity index (χ1) is 13.3. The minimum absolute atomic E-state index is 0.343. The Hall–Kier alpha value is -0.850. The van der Waals surface area contributed by atoms with E-state index in [1.165, 1.54) is 56.9 Å². The monoisotopic (exact) mass is 382 g/mol. The van der Waals surface area contributed by atoms with Crippen LogP contribution in [0.2, 0.25) is 0 Å². The maximum atomic E-state index is 12.1. The Morgan fingerprint density at radius 1 is 1.11 bits per heavy atom.